The lowest BCUT2D eigenvalue weighted by molar-refractivity contribution is -0.127. The van der Waals surface area contributed by atoms with E-state index in [1.54, 1.807) is 0 Å². The Morgan fingerprint density at radius 2 is 1.96 bits per heavy atom. The molecule has 1 aliphatic carbocycles. The lowest BCUT2D eigenvalue weighted by Crippen LogP contribution is -2.37. The van der Waals surface area contributed by atoms with Gasteiger partial charge in [0.2, 0.25) is 0 Å². The first-order valence-corrected chi connectivity index (χ1v) is 11.0. The molecule has 1 N–H and O–H groups in total. The Morgan fingerprint density at radius 1 is 1.15 bits per heavy atom. The van der Waals surface area contributed by atoms with Gasteiger partial charge in [0.15, 0.2) is 6.10 Å². The van der Waals surface area contributed by atoms with E-state index >= 15 is 0 Å². The van der Waals surface area contributed by atoms with Crippen LogP contribution in [0.2, 0.25) is 0 Å². The molecule has 3 rings (SSSR count). The van der Waals surface area contributed by atoms with Crippen molar-refractivity contribution in [1.29, 1.82) is 0 Å². The second-order valence-electron chi connectivity index (χ2n) is 7.23. The van der Waals surface area contributed by atoms with Gasteiger partial charge < -0.3 is 10.1 Å². The van der Waals surface area contributed by atoms with E-state index in [0.29, 0.717) is 6.54 Å². The molecule has 1 atom stereocenters. The Kier molecular flexibility index (Phi) is 7.22. The molecule has 0 aliphatic heterocycles. The highest BCUT2D eigenvalue weighted by molar-refractivity contribution is 7.98. The van der Waals surface area contributed by atoms with Crippen LogP contribution in [0.25, 0.3) is 0 Å². The molecule has 2 aromatic rings. The van der Waals surface area contributed by atoms with E-state index in [9.17, 15) is 4.79 Å². The predicted octanol–water partition coefficient (Wildman–Crippen LogP) is 4.69. The van der Waals surface area contributed by atoms with Crippen LogP contribution in [-0.4, -0.2) is 24.3 Å². The van der Waals surface area contributed by atoms with E-state index < -0.39 is 6.10 Å². The summed E-state index contributed by atoms with van der Waals surface area (Å²) in [6.07, 6.45) is 4.31. The summed E-state index contributed by atoms with van der Waals surface area (Å²) in [5.41, 5.74) is 5.42. The van der Waals surface area contributed by atoms with Gasteiger partial charge in [-0.15, -0.1) is 0 Å². The Morgan fingerprint density at radius 3 is 2.78 bits per heavy atom. The van der Waals surface area contributed by atoms with Crippen molar-refractivity contribution in [3.63, 3.8) is 0 Å². The molecule has 0 unspecified atom stereocenters. The van der Waals surface area contributed by atoms with Crippen LogP contribution in [0.3, 0.4) is 0 Å². The molecule has 0 aromatic heterocycles. The lowest BCUT2D eigenvalue weighted by Gasteiger charge is -2.19. The molecule has 0 spiro atoms. The number of aryl methyl sites for hydroxylation is 3. The summed E-state index contributed by atoms with van der Waals surface area (Å²) in [7, 11) is 0. The molecule has 0 fully saturated rings. The van der Waals surface area contributed by atoms with Crippen LogP contribution in [0.1, 0.15) is 42.0 Å². The number of carbonyl (C=O) groups is 1. The molecule has 27 heavy (non-hydrogen) atoms. The van der Waals surface area contributed by atoms with Crippen LogP contribution in [0.4, 0.5) is 0 Å². The summed E-state index contributed by atoms with van der Waals surface area (Å²) in [5, 5.41) is 2.98. The minimum atomic E-state index is -0.478. The quantitative estimate of drug-likeness (QED) is 0.672. The van der Waals surface area contributed by atoms with Gasteiger partial charge in [-0.3, -0.25) is 4.79 Å². The van der Waals surface area contributed by atoms with Gasteiger partial charge in [-0.2, -0.15) is 11.8 Å². The second-order valence-corrected chi connectivity index (χ2v) is 8.34. The van der Waals surface area contributed by atoms with Crippen LogP contribution in [-0.2, 0) is 23.4 Å². The molecule has 3 nitrogen and oxygen atoms in total. The number of benzene rings is 2. The third kappa shape index (κ3) is 6.03. The van der Waals surface area contributed by atoms with Crippen molar-refractivity contribution in [3.05, 3.63) is 64.7 Å². The number of hydrogen-bond acceptors (Lipinski definition) is 3. The molecule has 0 saturated heterocycles. The van der Waals surface area contributed by atoms with Gasteiger partial charge >= 0.3 is 0 Å². The highest BCUT2D eigenvalue weighted by Gasteiger charge is 2.16. The fraction of sp³-hybridized carbons (Fsp3) is 0.435. The molecule has 4 heteroatoms. The van der Waals surface area contributed by atoms with Crippen molar-refractivity contribution in [2.75, 3.05) is 12.3 Å². The number of rotatable bonds is 8. The second kappa shape index (κ2) is 9.84. The van der Waals surface area contributed by atoms with Crippen molar-refractivity contribution < 1.29 is 9.53 Å². The SMILES string of the molecule is Cc1cccc(CSCCNC(=O)[C@@H](C)Oc2ccc3c(c2)CCCC3)c1. The summed E-state index contributed by atoms with van der Waals surface area (Å²) in [6, 6.07) is 14.8. The molecule has 0 heterocycles. The summed E-state index contributed by atoms with van der Waals surface area (Å²) in [4.78, 5) is 12.3. The van der Waals surface area contributed by atoms with Crippen molar-refractivity contribution >= 4 is 17.7 Å². The summed E-state index contributed by atoms with van der Waals surface area (Å²) in [6.45, 7) is 4.58. The van der Waals surface area contributed by atoms with Gasteiger partial charge in [0.1, 0.15) is 5.75 Å². The number of ether oxygens (including phenoxy) is 1. The Bertz CT molecular complexity index is 775. The molecule has 0 bridgehead atoms. The normalized spacial score (nSPS) is 14.3. The molecular formula is C23H29NO2S. The van der Waals surface area contributed by atoms with Crippen molar-refractivity contribution in [2.45, 2.75) is 51.4 Å². The third-order valence-electron chi connectivity index (χ3n) is 4.90. The van der Waals surface area contributed by atoms with Gasteiger partial charge in [0.05, 0.1) is 0 Å². The molecule has 144 valence electrons. The number of nitrogens with one attached hydrogen (secondary N) is 1. The topological polar surface area (TPSA) is 38.3 Å². The average molecular weight is 384 g/mol. The van der Waals surface area contributed by atoms with Crippen LogP contribution in [0, 0.1) is 6.92 Å². The zero-order chi connectivity index (χ0) is 19.1. The first-order valence-electron chi connectivity index (χ1n) is 9.81. The summed E-state index contributed by atoms with van der Waals surface area (Å²) >= 11 is 1.83. The molecule has 1 amide bonds. The molecule has 2 aromatic carbocycles. The highest BCUT2D eigenvalue weighted by atomic mass is 32.2. The summed E-state index contributed by atoms with van der Waals surface area (Å²) < 4.78 is 5.86. The Balaban J connectivity index is 1.37. The highest BCUT2D eigenvalue weighted by Crippen LogP contribution is 2.25. The standard InChI is InChI=1S/C23H29NO2S/c1-17-6-5-7-19(14-17)16-27-13-12-24-23(25)18(2)26-22-11-10-20-8-3-4-9-21(20)15-22/h5-7,10-11,14-15,18H,3-4,8-9,12-13,16H2,1-2H3,(H,24,25)/t18-/m1/s1. The Hall–Kier alpha value is -1.94. The van der Waals surface area contributed by atoms with E-state index in [-0.39, 0.29) is 5.91 Å². The number of fused-ring (bicyclic) bond motifs is 1. The van der Waals surface area contributed by atoms with E-state index in [0.717, 1.165) is 30.1 Å². The maximum atomic E-state index is 12.3. The van der Waals surface area contributed by atoms with Crippen LogP contribution >= 0.6 is 11.8 Å². The van der Waals surface area contributed by atoms with E-state index in [1.165, 1.54) is 35.1 Å². The fourth-order valence-corrected chi connectivity index (χ4v) is 4.23. The van der Waals surface area contributed by atoms with Gasteiger partial charge in [-0.05, 0) is 68.4 Å². The van der Waals surface area contributed by atoms with Crippen molar-refractivity contribution in [1.82, 2.24) is 5.32 Å². The third-order valence-corrected chi connectivity index (χ3v) is 5.93. The number of carbonyl (C=O) groups excluding carboxylic acids is 1. The minimum Gasteiger partial charge on any atom is -0.481 e. The molecule has 1 aliphatic rings. The van der Waals surface area contributed by atoms with Gasteiger partial charge in [0, 0.05) is 18.1 Å². The Labute approximate surface area is 166 Å². The van der Waals surface area contributed by atoms with Crippen LogP contribution < -0.4 is 10.1 Å². The molecular weight excluding hydrogens is 354 g/mol. The van der Waals surface area contributed by atoms with E-state index in [1.807, 2.05) is 24.8 Å². The van der Waals surface area contributed by atoms with Gasteiger partial charge in [0.25, 0.3) is 5.91 Å². The molecule has 0 radical (unpaired) electrons. The van der Waals surface area contributed by atoms with Crippen LogP contribution in [0.5, 0.6) is 5.75 Å². The number of thioether (sulfide) groups is 1. The largest absolute Gasteiger partial charge is 0.481 e. The summed E-state index contributed by atoms with van der Waals surface area (Å²) in [5.74, 6) is 2.61. The zero-order valence-corrected chi connectivity index (χ0v) is 17.1. The molecule has 0 saturated carbocycles. The predicted molar refractivity (Wildman–Crippen MR) is 114 cm³/mol. The van der Waals surface area contributed by atoms with Crippen molar-refractivity contribution in [3.8, 4) is 5.75 Å². The van der Waals surface area contributed by atoms with Crippen LogP contribution in [0.15, 0.2) is 42.5 Å². The average Bonchev–Trinajstić information content (AvgIpc) is 2.67. The number of hydrogen-bond donors (Lipinski definition) is 1. The van der Waals surface area contributed by atoms with E-state index in [2.05, 4.69) is 48.6 Å². The monoisotopic (exact) mass is 383 g/mol. The maximum Gasteiger partial charge on any atom is 0.260 e. The maximum absolute atomic E-state index is 12.3. The van der Waals surface area contributed by atoms with Gasteiger partial charge in [-0.25, -0.2) is 0 Å². The number of amides is 1. The first-order chi connectivity index (χ1) is 13.1. The first kappa shape index (κ1) is 19.8. The van der Waals surface area contributed by atoms with E-state index in [4.69, 9.17) is 4.74 Å². The minimum absolute atomic E-state index is 0.0520. The van der Waals surface area contributed by atoms with Gasteiger partial charge in [-0.1, -0.05) is 35.9 Å². The smallest absolute Gasteiger partial charge is 0.260 e. The fourth-order valence-electron chi connectivity index (χ4n) is 3.42. The van der Waals surface area contributed by atoms with Crippen molar-refractivity contribution in [2.24, 2.45) is 0 Å². The zero-order valence-electron chi connectivity index (χ0n) is 16.3. The lowest BCUT2D eigenvalue weighted by atomic mass is 9.92.